The molecule has 148 valence electrons. The number of hydrogen-bond acceptors (Lipinski definition) is 6. The Hall–Kier alpha value is -2.01. The Balaban J connectivity index is 2.32. The van der Waals surface area contributed by atoms with Gasteiger partial charge in [0.25, 0.3) is 6.10 Å². The molecular weight excluding hydrogens is 368 g/mol. The number of anilines is 2. The molecule has 1 aliphatic heterocycles. The number of halogens is 6. The van der Waals surface area contributed by atoms with Crippen LogP contribution in [-0.2, 0) is 0 Å². The van der Waals surface area contributed by atoms with Gasteiger partial charge in [0.1, 0.15) is 0 Å². The van der Waals surface area contributed by atoms with Crippen LogP contribution in [0.15, 0.2) is 0 Å². The van der Waals surface area contributed by atoms with Crippen LogP contribution in [0.3, 0.4) is 0 Å². The predicted octanol–water partition coefficient (Wildman–Crippen LogP) is 3.56. The van der Waals surface area contributed by atoms with Gasteiger partial charge in [-0.05, 0) is 25.7 Å². The number of hydrogen-bond donors (Lipinski definition) is 1. The van der Waals surface area contributed by atoms with Crippen LogP contribution in [0.25, 0.3) is 0 Å². The predicted molar refractivity (Wildman–Crippen MR) is 81.2 cm³/mol. The summed E-state index contributed by atoms with van der Waals surface area (Å²) >= 11 is 0. The molecule has 0 saturated carbocycles. The maximum Gasteiger partial charge on any atom is 0.434 e. The van der Waals surface area contributed by atoms with E-state index in [4.69, 9.17) is 0 Å². The molecule has 1 fully saturated rings. The number of piperidine rings is 1. The lowest BCUT2D eigenvalue weighted by Crippen LogP contribution is -2.47. The summed E-state index contributed by atoms with van der Waals surface area (Å²) in [7, 11) is 0. The van der Waals surface area contributed by atoms with Gasteiger partial charge in [0.15, 0.2) is 0 Å². The lowest BCUT2D eigenvalue weighted by Gasteiger charge is -2.27. The molecule has 1 aromatic rings. The highest BCUT2D eigenvalue weighted by Gasteiger charge is 2.59. The van der Waals surface area contributed by atoms with Gasteiger partial charge in [-0.2, -0.15) is 41.3 Å². The standard InChI is InChI=1S/C14H19F6N5O/c1-2-6-21-10-22-11(25-7-4-3-5-8-25)24-12(23-10)26-9(13(15,16)17)14(18,19)20/h9H,2-8H2,1H3,(H,21,22,23,24). The molecule has 12 heteroatoms. The number of nitrogens with zero attached hydrogens (tertiary/aromatic N) is 4. The summed E-state index contributed by atoms with van der Waals surface area (Å²) in [6, 6.07) is -1.01. The molecule has 0 amide bonds. The molecule has 6 nitrogen and oxygen atoms in total. The fraction of sp³-hybridized carbons (Fsp3) is 0.786. The topological polar surface area (TPSA) is 63.2 Å². The Kier molecular flexibility index (Phi) is 6.34. The van der Waals surface area contributed by atoms with E-state index in [2.05, 4.69) is 25.0 Å². The van der Waals surface area contributed by atoms with Crippen molar-refractivity contribution in [1.29, 1.82) is 0 Å². The van der Waals surface area contributed by atoms with Crippen molar-refractivity contribution in [3.8, 4) is 6.01 Å². The molecule has 0 bridgehead atoms. The van der Waals surface area contributed by atoms with Crippen molar-refractivity contribution in [3.05, 3.63) is 0 Å². The van der Waals surface area contributed by atoms with Gasteiger partial charge in [-0.25, -0.2) is 0 Å². The first-order valence-corrected chi connectivity index (χ1v) is 8.16. The summed E-state index contributed by atoms with van der Waals surface area (Å²) < 4.78 is 80.4. The quantitative estimate of drug-likeness (QED) is 0.754. The maximum absolute atomic E-state index is 12.7. The van der Waals surface area contributed by atoms with Crippen molar-refractivity contribution in [2.75, 3.05) is 29.9 Å². The molecule has 0 aliphatic carbocycles. The van der Waals surface area contributed by atoms with Gasteiger partial charge in [-0.15, -0.1) is 0 Å². The smallest absolute Gasteiger partial charge is 0.434 e. The molecule has 26 heavy (non-hydrogen) atoms. The van der Waals surface area contributed by atoms with Crippen LogP contribution >= 0.6 is 0 Å². The molecule has 1 aromatic heterocycles. The minimum absolute atomic E-state index is 0.00333. The van der Waals surface area contributed by atoms with Crippen LogP contribution in [-0.4, -0.2) is 53.0 Å². The molecule has 0 atom stereocenters. The monoisotopic (exact) mass is 387 g/mol. The van der Waals surface area contributed by atoms with E-state index in [1.54, 1.807) is 4.90 Å². The zero-order chi connectivity index (χ0) is 19.4. The van der Waals surface area contributed by atoms with Crippen LogP contribution < -0.4 is 15.0 Å². The number of nitrogens with one attached hydrogen (secondary N) is 1. The second-order valence-corrected chi connectivity index (χ2v) is 5.80. The zero-order valence-corrected chi connectivity index (χ0v) is 14.0. The Labute approximate surface area is 146 Å². The van der Waals surface area contributed by atoms with E-state index in [1.165, 1.54) is 0 Å². The maximum atomic E-state index is 12.7. The highest BCUT2D eigenvalue weighted by molar-refractivity contribution is 5.38. The summed E-state index contributed by atoms with van der Waals surface area (Å²) in [5.74, 6) is -0.128. The number of ether oxygens (including phenoxy) is 1. The van der Waals surface area contributed by atoms with Crippen molar-refractivity contribution in [2.24, 2.45) is 0 Å². The first kappa shape index (κ1) is 20.3. The van der Waals surface area contributed by atoms with Crippen LogP contribution in [0, 0.1) is 0 Å². The number of rotatable bonds is 6. The van der Waals surface area contributed by atoms with Crippen LogP contribution in [0.1, 0.15) is 32.6 Å². The molecule has 1 aliphatic rings. The summed E-state index contributed by atoms with van der Waals surface area (Å²) in [5.41, 5.74) is 0. The lowest BCUT2D eigenvalue weighted by atomic mass is 10.1. The molecule has 1 saturated heterocycles. The fourth-order valence-electron chi connectivity index (χ4n) is 2.37. The SMILES string of the molecule is CCCNc1nc(OC(C(F)(F)F)C(F)(F)F)nc(N2CCCCC2)n1. The zero-order valence-electron chi connectivity index (χ0n) is 14.0. The average Bonchev–Trinajstić information content (AvgIpc) is 2.56. The van der Waals surface area contributed by atoms with E-state index in [-0.39, 0.29) is 11.9 Å². The molecule has 0 unspecified atom stereocenters. The first-order valence-electron chi connectivity index (χ1n) is 8.16. The first-order chi connectivity index (χ1) is 12.1. The molecular formula is C14H19F6N5O. The summed E-state index contributed by atoms with van der Waals surface area (Å²) in [5, 5.41) is 2.73. The van der Waals surface area contributed by atoms with Gasteiger partial charge in [-0.1, -0.05) is 6.92 Å². The van der Waals surface area contributed by atoms with Crippen molar-refractivity contribution >= 4 is 11.9 Å². The van der Waals surface area contributed by atoms with Gasteiger partial charge >= 0.3 is 18.4 Å². The Bertz CT molecular complexity index is 574. The normalized spacial score (nSPS) is 16.1. The van der Waals surface area contributed by atoms with E-state index in [0.717, 1.165) is 19.3 Å². The largest absolute Gasteiger partial charge is 0.440 e. The van der Waals surface area contributed by atoms with Gasteiger partial charge < -0.3 is 15.0 Å². The summed E-state index contributed by atoms with van der Waals surface area (Å²) in [6.45, 7) is 3.34. The fourth-order valence-corrected chi connectivity index (χ4v) is 2.37. The third kappa shape index (κ3) is 5.49. The minimum Gasteiger partial charge on any atom is -0.440 e. The van der Waals surface area contributed by atoms with E-state index in [0.29, 0.717) is 26.1 Å². The second kappa shape index (κ2) is 8.12. The van der Waals surface area contributed by atoms with E-state index in [1.807, 2.05) is 6.92 Å². The Morgan fingerprint density at radius 1 is 1.00 bits per heavy atom. The Morgan fingerprint density at radius 2 is 1.62 bits per heavy atom. The van der Waals surface area contributed by atoms with E-state index in [9.17, 15) is 26.3 Å². The van der Waals surface area contributed by atoms with Crippen molar-refractivity contribution in [2.45, 2.75) is 51.1 Å². The van der Waals surface area contributed by atoms with E-state index >= 15 is 0 Å². The second-order valence-electron chi connectivity index (χ2n) is 5.80. The minimum atomic E-state index is -5.65. The third-order valence-corrected chi connectivity index (χ3v) is 3.59. The van der Waals surface area contributed by atoms with Crippen LogP contribution in [0.5, 0.6) is 6.01 Å². The summed E-state index contributed by atoms with van der Waals surface area (Å²) in [4.78, 5) is 13.0. The van der Waals surface area contributed by atoms with Crippen molar-refractivity contribution in [1.82, 2.24) is 15.0 Å². The molecule has 2 heterocycles. The van der Waals surface area contributed by atoms with Crippen LogP contribution in [0.4, 0.5) is 38.2 Å². The number of alkyl halides is 6. The van der Waals surface area contributed by atoms with Gasteiger partial charge in [-0.3, -0.25) is 0 Å². The summed E-state index contributed by atoms with van der Waals surface area (Å²) in [6.07, 6.45) is -12.0. The van der Waals surface area contributed by atoms with E-state index < -0.39 is 24.5 Å². The Morgan fingerprint density at radius 3 is 2.15 bits per heavy atom. The lowest BCUT2D eigenvalue weighted by molar-refractivity contribution is -0.301. The highest BCUT2D eigenvalue weighted by Crippen LogP contribution is 2.36. The van der Waals surface area contributed by atoms with Crippen molar-refractivity contribution < 1.29 is 31.1 Å². The van der Waals surface area contributed by atoms with Gasteiger partial charge in [0.05, 0.1) is 0 Å². The third-order valence-electron chi connectivity index (χ3n) is 3.59. The van der Waals surface area contributed by atoms with Gasteiger partial charge in [0, 0.05) is 19.6 Å². The molecule has 0 spiro atoms. The molecule has 2 rings (SSSR count). The number of aromatic nitrogens is 3. The highest BCUT2D eigenvalue weighted by atomic mass is 19.4. The van der Waals surface area contributed by atoms with Crippen LogP contribution in [0.2, 0.25) is 0 Å². The molecule has 0 aromatic carbocycles. The molecule has 0 radical (unpaired) electrons. The van der Waals surface area contributed by atoms with Crippen molar-refractivity contribution in [3.63, 3.8) is 0 Å². The average molecular weight is 387 g/mol. The van der Waals surface area contributed by atoms with Gasteiger partial charge in [0.2, 0.25) is 11.9 Å². The molecule has 1 N–H and O–H groups in total.